The lowest BCUT2D eigenvalue weighted by molar-refractivity contribution is -0.142. The molecule has 0 radical (unpaired) electrons. The van der Waals surface area contributed by atoms with Crippen molar-refractivity contribution in [3.05, 3.63) is 66.1 Å². The molecule has 2 aromatic heterocycles. The predicted octanol–water partition coefficient (Wildman–Crippen LogP) is 3.35. The number of hydrogen-bond acceptors (Lipinski definition) is 4. The van der Waals surface area contributed by atoms with Gasteiger partial charge in [-0.2, -0.15) is 5.10 Å². The minimum Gasteiger partial charge on any atom is -0.466 e. The summed E-state index contributed by atoms with van der Waals surface area (Å²) in [6, 6.07) is 13.7. The first-order valence-electron chi connectivity index (χ1n) is 7.90. The zero-order valence-corrected chi connectivity index (χ0v) is 13.8. The van der Waals surface area contributed by atoms with Gasteiger partial charge in [-0.05, 0) is 26.0 Å². The zero-order chi connectivity index (χ0) is 16.9. The van der Waals surface area contributed by atoms with Gasteiger partial charge in [-0.15, -0.1) is 0 Å². The fourth-order valence-electron chi connectivity index (χ4n) is 2.69. The molecule has 5 nitrogen and oxygen atoms in total. The van der Waals surface area contributed by atoms with E-state index in [0.717, 1.165) is 28.2 Å². The average molecular weight is 321 g/mol. The number of carbonyl (C=O) groups is 1. The summed E-state index contributed by atoms with van der Waals surface area (Å²) in [7, 11) is 0. The maximum Gasteiger partial charge on any atom is 0.310 e. The molecule has 122 valence electrons. The summed E-state index contributed by atoms with van der Waals surface area (Å²) in [5.41, 5.74) is 4.44. The molecule has 0 bridgehead atoms. The van der Waals surface area contributed by atoms with Gasteiger partial charge in [0.05, 0.1) is 36.3 Å². The first-order valence-corrected chi connectivity index (χ1v) is 7.90. The molecule has 0 spiro atoms. The van der Waals surface area contributed by atoms with Crippen molar-refractivity contribution in [3.8, 4) is 16.9 Å². The topological polar surface area (TPSA) is 57.0 Å². The van der Waals surface area contributed by atoms with Crippen LogP contribution >= 0.6 is 0 Å². The molecule has 0 fully saturated rings. The molecule has 5 heteroatoms. The van der Waals surface area contributed by atoms with E-state index < -0.39 is 0 Å². The molecule has 3 aromatic rings. The van der Waals surface area contributed by atoms with E-state index in [1.165, 1.54) is 0 Å². The number of carbonyl (C=O) groups excluding carboxylic acids is 1. The maximum absolute atomic E-state index is 12.0. The molecular weight excluding hydrogens is 302 g/mol. The van der Waals surface area contributed by atoms with E-state index in [-0.39, 0.29) is 12.4 Å². The van der Waals surface area contributed by atoms with Crippen LogP contribution in [0.2, 0.25) is 0 Å². The number of ether oxygens (including phenoxy) is 1. The van der Waals surface area contributed by atoms with Crippen LogP contribution in [0.4, 0.5) is 0 Å². The Kier molecular flexibility index (Phi) is 4.70. The van der Waals surface area contributed by atoms with Crippen LogP contribution in [0.3, 0.4) is 0 Å². The number of hydrogen-bond donors (Lipinski definition) is 0. The molecule has 24 heavy (non-hydrogen) atoms. The van der Waals surface area contributed by atoms with E-state index in [9.17, 15) is 4.79 Å². The van der Waals surface area contributed by atoms with Gasteiger partial charge in [0.15, 0.2) is 0 Å². The number of pyridine rings is 1. The van der Waals surface area contributed by atoms with Gasteiger partial charge in [0.25, 0.3) is 0 Å². The summed E-state index contributed by atoms with van der Waals surface area (Å²) in [5.74, 6) is -0.247. The third-order valence-electron chi connectivity index (χ3n) is 3.75. The lowest BCUT2D eigenvalue weighted by atomic mass is 10.0. The van der Waals surface area contributed by atoms with Crippen LogP contribution in [-0.2, 0) is 16.0 Å². The second kappa shape index (κ2) is 7.08. The standard InChI is InChI=1S/C19H19N3O2/c1-3-24-18(23)12-17-14(2)21-22(16-10-7-11-20-13-16)19(17)15-8-5-4-6-9-15/h4-11,13H,3,12H2,1-2H3. The van der Waals surface area contributed by atoms with Crippen LogP contribution in [-0.4, -0.2) is 27.3 Å². The molecule has 1 aromatic carbocycles. The van der Waals surface area contributed by atoms with Gasteiger partial charge in [0, 0.05) is 17.3 Å². The number of aryl methyl sites for hydroxylation is 1. The van der Waals surface area contributed by atoms with Crippen molar-refractivity contribution in [2.24, 2.45) is 0 Å². The monoisotopic (exact) mass is 321 g/mol. The fourth-order valence-corrected chi connectivity index (χ4v) is 2.69. The van der Waals surface area contributed by atoms with Crippen molar-refractivity contribution in [2.45, 2.75) is 20.3 Å². The molecule has 0 saturated carbocycles. The smallest absolute Gasteiger partial charge is 0.310 e. The molecule has 0 aliphatic heterocycles. The molecule has 0 unspecified atom stereocenters. The van der Waals surface area contributed by atoms with Crippen molar-refractivity contribution >= 4 is 5.97 Å². The molecule has 0 N–H and O–H groups in total. The van der Waals surface area contributed by atoms with E-state index in [4.69, 9.17) is 4.74 Å². The summed E-state index contributed by atoms with van der Waals surface area (Å²) in [5, 5.41) is 4.64. The third-order valence-corrected chi connectivity index (χ3v) is 3.75. The van der Waals surface area contributed by atoms with Crippen LogP contribution in [0.5, 0.6) is 0 Å². The molecular formula is C19H19N3O2. The number of nitrogens with zero attached hydrogens (tertiary/aromatic N) is 3. The Bertz CT molecular complexity index is 827. The molecule has 0 aliphatic carbocycles. The quantitative estimate of drug-likeness (QED) is 0.676. The lowest BCUT2D eigenvalue weighted by Gasteiger charge is -2.10. The number of esters is 1. The zero-order valence-electron chi connectivity index (χ0n) is 13.8. The number of aromatic nitrogens is 3. The third kappa shape index (κ3) is 3.20. The Balaban J connectivity index is 2.15. The summed E-state index contributed by atoms with van der Waals surface area (Å²) in [6.45, 7) is 4.09. The highest BCUT2D eigenvalue weighted by Crippen LogP contribution is 2.29. The highest BCUT2D eigenvalue weighted by atomic mass is 16.5. The normalized spacial score (nSPS) is 10.6. The van der Waals surface area contributed by atoms with Crippen LogP contribution in [0.25, 0.3) is 16.9 Å². The average Bonchev–Trinajstić information content (AvgIpc) is 2.93. The SMILES string of the molecule is CCOC(=O)Cc1c(C)nn(-c2cccnc2)c1-c1ccccc1. The summed E-state index contributed by atoms with van der Waals surface area (Å²) in [4.78, 5) is 16.2. The van der Waals surface area contributed by atoms with E-state index in [1.807, 2.05) is 61.0 Å². The van der Waals surface area contributed by atoms with E-state index in [1.54, 1.807) is 12.4 Å². The van der Waals surface area contributed by atoms with Crippen molar-refractivity contribution in [3.63, 3.8) is 0 Å². The van der Waals surface area contributed by atoms with E-state index >= 15 is 0 Å². The Labute approximate surface area is 140 Å². The number of rotatable bonds is 5. The van der Waals surface area contributed by atoms with Crippen molar-refractivity contribution in [1.82, 2.24) is 14.8 Å². The van der Waals surface area contributed by atoms with Gasteiger partial charge in [-0.25, -0.2) is 4.68 Å². The van der Waals surface area contributed by atoms with Crippen LogP contribution in [0.15, 0.2) is 54.9 Å². The second-order valence-corrected chi connectivity index (χ2v) is 5.38. The van der Waals surface area contributed by atoms with Crippen molar-refractivity contribution in [2.75, 3.05) is 6.61 Å². The van der Waals surface area contributed by atoms with Gasteiger partial charge in [-0.1, -0.05) is 30.3 Å². The summed E-state index contributed by atoms with van der Waals surface area (Å²) in [6.07, 6.45) is 3.68. The molecule has 3 rings (SSSR count). The Morgan fingerprint density at radius 1 is 1.17 bits per heavy atom. The summed E-state index contributed by atoms with van der Waals surface area (Å²) < 4.78 is 6.96. The first-order chi connectivity index (χ1) is 11.7. The van der Waals surface area contributed by atoms with Crippen molar-refractivity contribution < 1.29 is 9.53 Å². The van der Waals surface area contributed by atoms with Crippen LogP contribution in [0.1, 0.15) is 18.2 Å². The minimum absolute atomic E-state index is 0.199. The van der Waals surface area contributed by atoms with Crippen LogP contribution in [0, 0.1) is 6.92 Å². The molecule has 0 amide bonds. The van der Waals surface area contributed by atoms with Crippen molar-refractivity contribution in [1.29, 1.82) is 0 Å². The molecule has 2 heterocycles. The lowest BCUT2D eigenvalue weighted by Crippen LogP contribution is -2.09. The highest BCUT2D eigenvalue weighted by Gasteiger charge is 2.20. The highest BCUT2D eigenvalue weighted by molar-refractivity contribution is 5.78. The van der Waals surface area contributed by atoms with Gasteiger partial charge in [-0.3, -0.25) is 9.78 Å². The predicted molar refractivity (Wildman–Crippen MR) is 91.9 cm³/mol. The van der Waals surface area contributed by atoms with E-state index in [0.29, 0.717) is 6.61 Å². The minimum atomic E-state index is -0.247. The Morgan fingerprint density at radius 3 is 2.62 bits per heavy atom. The Morgan fingerprint density at radius 2 is 1.96 bits per heavy atom. The Hall–Kier alpha value is -2.95. The molecule has 0 aliphatic rings. The number of benzene rings is 1. The van der Waals surface area contributed by atoms with Gasteiger partial charge < -0.3 is 4.74 Å². The first kappa shape index (κ1) is 15.9. The molecule has 0 atom stereocenters. The largest absolute Gasteiger partial charge is 0.466 e. The maximum atomic E-state index is 12.0. The van der Waals surface area contributed by atoms with Gasteiger partial charge >= 0.3 is 5.97 Å². The fraction of sp³-hybridized carbons (Fsp3) is 0.211. The molecule has 0 saturated heterocycles. The van der Waals surface area contributed by atoms with Crippen LogP contribution < -0.4 is 0 Å². The second-order valence-electron chi connectivity index (χ2n) is 5.38. The van der Waals surface area contributed by atoms with Gasteiger partial charge in [0.1, 0.15) is 0 Å². The van der Waals surface area contributed by atoms with Gasteiger partial charge in [0.2, 0.25) is 0 Å². The van der Waals surface area contributed by atoms with E-state index in [2.05, 4.69) is 10.1 Å². The summed E-state index contributed by atoms with van der Waals surface area (Å²) >= 11 is 0.